The highest BCUT2D eigenvalue weighted by molar-refractivity contribution is 7.89. The van der Waals surface area contributed by atoms with Crippen molar-refractivity contribution in [3.05, 3.63) is 70.8 Å². The highest BCUT2D eigenvalue weighted by atomic mass is 32.2. The third-order valence-electron chi connectivity index (χ3n) is 6.23. The fourth-order valence-electron chi connectivity index (χ4n) is 4.04. The number of rotatable bonds is 13. The summed E-state index contributed by atoms with van der Waals surface area (Å²) in [6, 6.07) is 11.3. The van der Waals surface area contributed by atoms with Crippen LogP contribution in [0.1, 0.15) is 22.3 Å². The smallest absolute Gasteiger partial charge is 0.328 e. The van der Waals surface area contributed by atoms with Crippen molar-refractivity contribution in [2.45, 2.75) is 25.3 Å². The Balaban J connectivity index is 0.000000708. The number of sulfonamides is 1. The first-order valence-electron chi connectivity index (χ1n) is 13.2. The maximum absolute atomic E-state index is 13.1. The van der Waals surface area contributed by atoms with Gasteiger partial charge in [0.05, 0.1) is 25.2 Å². The molecule has 0 bridgehead atoms. The topological polar surface area (TPSA) is 175 Å². The van der Waals surface area contributed by atoms with E-state index in [1.54, 1.807) is 45.0 Å². The summed E-state index contributed by atoms with van der Waals surface area (Å²) >= 11 is 0. The van der Waals surface area contributed by atoms with Crippen LogP contribution in [-0.4, -0.2) is 106 Å². The molecule has 1 aliphatic rings. The Morgan fingerprint density at radius 2 is 1.60 bits per heavy atom. The van der Waals surface area contributed by atoms with Gasteiger partial charge in [-0.15, -0.1) is 0 Å². The van der Waals surface area contributed by atoms with Crippen molar-refractivity contribution in [2.75, 3.05) is 54.1 Å². The molecule has 2 aromatic carbocycles. The molecule has 3 rings (SSSR count). The van der Waals surface area contributed by atoms with Crippen LogP contribution in [0, 0.1) is 13.8 Å². The van der Waals surface area contributed by atoms with Crippen molar-refractivity contribution in [2.24, 2.45) is 4.99 Å². The van der Waals surface area contributed by atoms with Crippen molar-refractivity contribution in [1.29, 1.82) is 0 Å². The lowest BCUT2D eigenvalue weighted by Crippen LogP contribution is -2.33. The van der Waals surface area contributed by atoms with Gasteiger partial charge in [-0.05, 0) is 42.7 Å². The van der Waals surface area contributed by atoms with E-state index in [1.165, 1.54) is 11.4 Å². The number of hydrogen-bond acceptors (Lipinski definition) is 9. The monoisotopic (exact) mass is 618 g/mol. The Morgan fingerprint density at radius 3 is 2.09 bits per heavy atom. The number of carboxylic acids is 2. The van der Waals surface area contributed by atoms with Gasteiger partial charge in [0, 0.05) is 51.4 Å². The first kappa shape index (κ1) is 34.9. The summed E-state index contributed by atoms with van der Waals surface area (Å²) in [4.78, 5) is 37.8. The Morgan fingerprint density at radius 1 is 1.02 bits per heavy atom. The average molecular weight is 619 g/mol. The first-order chi connectivity index (χ1) is 20.3. The molecule has 43 heavy (non-hydrogen) atoms. The van der Waals surface area contributed by atoms with E-state index < -0.39 is 22.0 Å². The van der Waals surface area contributed by atoms with Gasteiger partial charge in [0.1, 0.15) is 18.2 Å². The van der Waals surface area contributed by atoms with Gasteiger partial charge in [-0.25, -0.2) is 18.0 Å². The molecule has 0 fully saturated rings. The van der Waals surface area contributed by atoms with Gasteiger partial charge >= 0.3 is 11.9 Å². The van der Waals surface area contributed by atoms with Crippen LogP contribution < -0.4 is 10.1 Å². The van der Waals surface area contributed by atoms with Gasteiger partial charge in [-0.3, -0.25) is 9.79 Å². The zero-order valence-electron chi connectivity index (χ0n) is 24.9. The number of carbonyl (C=O) groups is 3. The van der Waals surface area contributed by atoms with E-state index in [2.05, 4.69) is 10.3 Å². The number of methoxy groups -OCH3 is 1. The molecule has 0 unspecified atom stereocenters. The van der Waals surface area contributed by atoms with Crippen molar-refractivity contribution >= 4 is 33.7 Å². The summed E-state index contributed by atoms with van der Waals surface area (Å²) in [6.07, 6.45) is 1.12. The van der Waals surface area contributed by atoms with E-state index in [9.17, 15) is 22.8 Å². The number of hydrogen-bond donors (Lipinski definition) is 3. The van der Waals surface area contributed by atoms with Crippen molar-refractivity contribution in [3.63, 3.8) is 0 Å². The van der Waals surface area contributed by atoms with Crippen LogP contribution in [0.25, 0.3) is 0 Å². The number of carboxylic acid groups (broad SMARTS) is 2. The molecule has 1 aliphatic heterocycles. The molecule has 0 aromatic heterocycles. The number of nitrogens with one attached hydrogen (secondary N) is 1. The Bertz CT molecular complexity index is 1420. The third kappa shape index (κ3) is 10.8. The highest BCUT2D eigenvalue weighted by Crippen LogP contribution is 2.27. The minimum Gasteiger partial charge on any atom is -0.497 e. The zero-order valence-corrected chi connectivity index (χ0v) is 25.7. The van der Waals surface area contributed by atoms with Crippen LogP contribution >= 0.6 is 0 Å². The summed E-state index contributed by atoms with van der Waals surface area (Å²) in [5.41, 5.74) is 3.26. The molecule has 0 radical (unpaired) electrons. The van der Waals surface area contributed by atoms with Crippen LogP contribution in [-0.2, 0) is 35.7 Å². The van der Waals surface area contributed by atoms with Gasteiger partial charge in [-0.1, -0.05) is 24.3 Å². The quantitative estimate of drug-likeness (QED) is 0.221. The van der Waals surface area contributed by atoms with E-state index in [4.69, 9.17) is 19.7 Å². The number of aryl methyl sites for hydroxylation is 2. The molecule has 1 heterocycles. The molecule has 0 atom stereocenters. The molecule has 0 aliphatic carbocycles. The van der Waals surface area contributed by atoms with Crippen LogP contribution in [0.2, 0.25) is 0 Å². The molecule has 3 N–H and O–H groups in total. The molecule has 0 saturated heterocycles. The molecule has 0 saturated carbocycles. The molecule has 2 aromatic rings. The van der Waals surface area contributed by atoms with Crippen LogP contribution in [0.5, 0.6) is 5.75 Å². The third-order valence-corrected chi connectivity index (χ3v) is 8.39. The summed E-state index contributed by atoms with van der Waals surface area (Å²) < 4.78 is 38.1. The normalized spacial score (nSPS) is 12.7. The summed E-state index contributed by atoms with van der Waals surface area (Å²) in [7, 11) is 1.07. The molecule has 14 heteroatoms. The van der Waals surface area contributed by atoms with Gasteiger partial charge in [-0.2, -0.15) is 4.31 Å². The molecule has 234 valence electrons. The molecular formula is C29H38N4O9S. The highest BCUT2D eigenvalue weighted by Gasteiger charge is 2.25. The Labute approximate surface area is 251 Å². The molecule has 0 spiro atoms. The fraction of sp³-hybridized carbons (Fsp3) is 0.379. The number of aliphatic imine (C=N–C) groups is 1. The SMILES string of the molecule is COc1cc(C)c(S(=O)(=O)N(C)CCOCC(=O)N(C)Cc2ccc(C3=NCCN3)cc2)c(C)c1.O=C(O)/C=C/C(=O)O. The number of amides is 1. The van der Waals surface area contributed by atoms with E-state index in [-0.39, 0.29) is 30.6 Å². The van der Waals surface area contributed by atoms with Crippen molar-refractivity contribution in [1.82, 2.24) is 14.5 Å². The first-order valence-corrected chi connectivity index (χ1v) is 14.6. The van der Waals surface area contributed by atoms with E-state index >= 15 is 0 Å². The summed E-state index contributed by atoms with van der Waals surface area (Å²) in [5.74, 6) is -1.18. The molecular weight excluding hydrogens is 580 g/mol. The van der Waals surface area contributed by atoms with Crippen molar-refractivity contribution in [3.8, 4) is 5.75 Å². The second kappa shape index (κ2) is 16.4. The van der Waals surface area contributed by atoms with Crippen LogP contribution in [0.3, 0.4) is 0 Å². The predicted molar refractivity (Wildman–Crippen MR) is 160 cm³/mol. The number of benzene rings is 2. The maximum Gasteiger partial charge on any atom is 0.328 e. The van der Waals surface area contributed by atoms with Gasteiger partial charge in [0.25, 0.3) is 0 Å². The zero-order chi connectivity index (χ0) is 32.2. The van der Waals surface area contributed by atoms with Crippen molar-refractivity contribution < 1.29 is 42.5 Å². The Hall–Kier alpha value is -4.27. The lowest BCUT2D eigenvalue weighted by atomic mass is 10.1. The second-order valence-electron chi connectivity index (χ2n) is 9.58. The summed E-state index contributed by atoms with van der Waals surface area (Å²) in [5, 5.41) is 18.9. The maximum atomic E-state index is 13.1. The minimum absolute atomic E-state index is 0.105. The number of ether oxygens (including phenoxy) is 2. The predicted octanol–water partition coefficient (Wildman–Crippen LogP) is 1.67. The molecule has 13 nitrogen and oxygen atoms in total. The average Bonchev–Trinajstić information content (AvgIpc) is 3.49. The van der Waals surface area contributed by atoms with Crippen LogP contribution in [0.4, 0.5) is 0 Å². The number of likely N-dealkylation sites (N-methyl/N-ethyl adjacent to an activating group) is 2. The van der Waals surface area contributed by atoms with Gasteiger partial charge in [0.15, 0.2) is 0 Å². The number of amidine groups is 1. The largest absolute Gasteiger partial charge is 0.497 e. The Kier molecular flexibility index (Phi) is 13.3. The molecule has 1 amide bonds. The summed E-state index contributed by atoms with van der Waals surface area (Å²) in [6.45, 7) is 5.70. The number of carbonyl (C=O) groups excluding carboxylic acids is 1. The van der Waals surface area contributed by atoms with Crippen LogP contribution in [0.15, 0.2) is 58.4 Å². The second-order valence-corrected chi connectivity index (χ2v) is 11.6. The minimum atomic E-state index is -3.70. The van der Waals surface area contributed by atoms with E-state index in [0.29, 0.717) is 35.6 Å². The standard InChI is InChI=1S/C25H34N4O5S.C4H4O4/c1-18-14-22(33-5)15-19(2)24(18)35(31,32)29(4)12-13-34-17-23(30)28(3)16-20-6-8-21(9-7-20)25-26-10-11-27-25;5-3(6)1-2-4(7)8/h6-9,14-15H,10-13,16-17H2,1-5H3,(H,26,27);1-2H,(H,5,6)(H,7,8)/b;2-1+. The van der Waals surface area contributed by atoms with E-state index in [0.717, 1.165) is 30.1 Å². The number of nitrogens with zero attached hydrogens (tertiary/aromatic N) is 3. The lowest BCUT2D eigenvalue weighted by Gasteiger charge is -2.21. The van der Waals surface area contributed by atoms with Gasteiger partial charge in [0.2, 0.25) is 15.9 Å². The fourth-order valence-corrected chi connectivity index (χ4v) is 5.60. The lowest BCUT2D eigenvalue weighted by molar-refractivity contribution is -0.135. The number of aliphatic carboxylic acids is 2. The van der Waals surface area contributed by atoms with E-state index in [1.807, 2.05) is 24.3 Å². The van der Waals surface area contributed by atoms with Gasteiger partial charge < -0.3 is 29.9 Å².